The van der Waals surface area contributed by atoms with E-state index < -0.39 is 5.66 Å². The molecule has 90 valence electrons. The van der Waals surface area contributed by atoms with E-state index in [-0.39, 0.29) is 0 Å². The van der Waals surface area contributed by atoms with Crippen LogP contribution in [-0.2, 0) is 0 Å². The maximum absolute atomic E-state index is 6.12. The summed E-state index contributed by atoms with van der Waals surface area (Å²) in [6.07, 6.45) is 8.25. The Morgan fingerprint density at radius 1 is 1.44 bits per heavy atom. The van der Waals surface area contributed by atoms with Crippen molar-refractivity contribution >= 4 is 5.96 Å². The van der Waals surface area contributed by atoms with Gasteiger partial charge in [0.1, 0.15) is 5.66 Å². The number of rotatable bonds is 4. The van der Waals surface area contributed by atoms with Gasteiger partial charge < -0.3 is 21.7 Å². The summed E-state index contributed by atoms with van der Waals surface area (Å²) in [6, 6.07) is 0. The Bertz CT molecular complexity index is 293. The van der Waals surface area contributed by atoms with Gasteiger partial charge >= 0.3 is 0 Å². The maximum atomic E-state index is 6.12. The quantitative estimate of drug-likeness (QED) is 0.624. The number of hydrogen-bond acceptors (Lipinski definition) is 5. The Morgan fingerprint density at radius 3 is 2.88 bits per heavy atom. The van der Waals surface area contributed by atoms with Crippen LogP contribution >= 0.6 is 0 Å². The summed E-state index contributed by atoms with van der Waals surface area (Å²) in [5.74, 6) is 0.408. The van der Waals surface area contributed by atoms with Crippen molar-refractivity contribution in [1.82, 2.24) is 10.2 Å². The Morgan fingerprint density at radius 2 is 2.19 bits per heavy atom. The molecule has 2 aliphatic rings. The number of nitrogens with one attached hydrogen (secondary N) is 1. The highest BCUT2D eigenvalue weighted by molar-refractivity contribution is 5.80. The molecule has 1 atom stereocenters. The molecule has 16 heavy (non-hydrogen) atoms. The number of guanidine groups is 1. The molecule has 1 unspecified atom stereocenters. The first-order valence-corrected chi connectivity index (χ1v) is 5.99. The van der Waals surface area contributed by atoms with Crippen LogP contribution in [0, 0.1) is 0 Å². The summed E-state index contributed by atoms with van der Waals surface area (Å²) in [6.45, 7) is 3.59. The van der Waals surface area contributed by atoms with Crippen LogP contribution in [0.4, 0.5) is 0 Å². The average molecular weight is 223 g/mol. The topological polar surface area (TPSA) is 79.7 Å². The van der Waals surface area contributed by atoms with Gasteiger partial charge in [0, 0.05) is 6.20 Å². The van der Waals surface area contributed by atoms with E-state index >= 15 is 0 Å². The Kier molecular flexibility index (Phi) is 3.46. The molecule has 0 radical (unpaired) electrons. The summed E-state index contributed by atoms with van der Waals surface area (Å²) >= 11 is 0. The molecule has 1 saturated heterocycles. The molecule has 0 aromatic heterocycles. The van der Waals surface area contributed by atoms with Gasteiger partial charge in [0.2, 0.25) is 0 Å². The molecule has 2 heterocycles. The standard InChI is InChI=1S/C11H21N5/c12-10-14-6-5-11(13,15-10)4-3-9-16-7-1-2-8-16/h5-6H,1-4,7-9,13H2,(H3,12,14,15). The zero-order valence-corrected chi connectivity index (χ0v) is 9.65. The molecule has 5 N–H and O–H groups in total. The van der Waals surface area contributed by atoms with Gasteiger partial charge in [-0.25, -0.2) is 4.99 Å². The van der Waals surface area contributed by atoms with Crippen LogP contribution in [0.2, 0.25) is 0 Å². The minimum Gasteiger partial charge on any atom is -0.370 e. The van der Waals surface area contributed by atoms with E-state index in [9.17, 15) is 0 Å². The van der Waals surface area contributed by atoms with Crippen molar-refractivity contribution in [3.8, 4) is 0 Å². The Balaban J connectivity index is 1.76. The lowest BCUT2D eigenvalue weighted by Crippen LogP contribution is -2.44. The molecule has 0 spiro atoms. The Hall–Kier alpha value is -1.07. The lowest BCUT2D eigenvalue weighted by molar-refractivity contribution is 0.316. The summed E-state index contributed by atoms with van der Waals surface area (Å²) in [5, 5.41) is 2.83. The molecule has 5 nitrogen and oxygen atoms in total. The normalized spacial score (nSPS) is 30.2. The largest absolute Gasteiger partial charge is 0.370 e. The Labute approximate surface area is 96.6 Å². The molecule has 2 aliphatic heterocycles. The third-order valence-electron chi connectivity index (χ3n) is 3.18. The van der Waals surface area contributed by atoms with Crippen LogP contribution in [0.15, 0.2) is 17.3 Å². The van der Waals surface area contributed by atoms with E-state index in [4.69, 9.17) is 11.5 Å². The van der Waals surface area contributed by atoms with Gasteiger partial charge in [-0.2, -0.15) is 0 Å². The lowest BCUT2D eigenvalue weighted by atomic mass is 10.0. The van der Waals surface area contributed by atoms with E-state index in [1.54, 1.807) is 6.20 Å². The van der Waals surface area contributed by atoms with Gasteiger partial charge in [0.15, 0.2) is 5.96 Å². The highest BCUT2D eigenvalue weighted by atomic mass is 15.2. The molecular formula is C11H21N5. The fraction of sp³-hybridized carbons (Fsp3) is 0.727. The highest BCUT2D eigenvalue weighted by Crippen LogP contribution is 2.17. The molecular weight excluding hydrogens is 202 g/mol. The summed E-state index contributed by atoms with van der Waals surface area (Å²) < 4.78 is 0. The third-order valence-corrected chi connectivity index (χ3v) is 3.18. The monoisotopic (exact) mass is 223 g/mol. The summed E-state index contributed by atoms with van der Waals surface area (Å²) in [5.41, 5.74) is 11.1. The average Bonchev–Trinajstić information content (AvgIpc) is 2.69. The first-order valence-electron chi connectivity index (χ1n) is 5.99. The second kappa shape index (κ2) is 4.84. The van der Waals surface area contributed by atoms with Crippen molar-refractivity contribution in [2.24, 2.45) is 16.5 Å². The van der Waals surface area contributed by atoms with Crippen LogP contribution in [0.5, 0.6) is 0 Å². The van der Waals surface area contributed by atoms with E-state index in [0.29, 0.717) is 5.96 Å². The molecule has 0 saturated carbocycles. The SMILES string of the molecule is NC1=NC(N)(CCCN2CCCC2)C=CN1. The van der Waals surface area contributed by atoms with Gasteiger partial charge in [-0.15, -0.1) is 0 Å². The molecule has 0 aromatic rings. The molecule has 0 amide bonds. The van der Waals surface area contributed by atoms with Crippen molar-refractivity contribution in [1.29, 1.82) is 0 Å². The van der Waals surface area contributed by atoms with Crippen molar-refractivity contribution in [3.63, 3.8) is 0 Å². The van der Waals surface area contributed by atoms with Gasteiger partial charge in [-0.3, -0.25) is 0 Å². The first kappa shape index (κ1) is 11.4. The van der Waals surface area contributed by atoms with E-state index in [1.165, 1.54) is 25.9 Å². The maximum Gasteiger partial charge on any atom is 0.194 e. The van der Waals surface area contributed by atoms with E-state index in [2.05, 4.69) is 15.2 Å². The highest BCUT2D eigenvalue weighted by Gasteiger charge is 2.23. The van der Waals surface area contributed by atoms with Crippen molar-refractivity contribution in [2.45, 2.75) is 31.3 Å². The summed E-state index contributed by atoms with van der Waals surface area (Å²) in [7, 11) is 0. The molecule has 0 aromatic carbocycles. The third kappa shape index (κ3) is 2.96. The minimum absolute atomic E-state index is 0.408. The van der Waals surface area contributed by atoms with Crippen LogP contribution in [0.3, 0.4) is 0 Å². The van der Waals surface area contributed by atoms with Crippen LogP contribution in [-0.4, -0.2) is 36.2 Å². The van der Waals surface area contributed by atoms with Gasteiger partial charge in [-0.05, 0) is 51.4 Å². The van der Waals surface area contributed by atoms with Gasteiger partial charge in [0.05, 0.1) is 0 Å². The van der Waals surface area contributed by atoms with E-state index in [1.807, 2.05) is 6.08 Å². The molecule has 0 bridgehead atoms. The number of nitrogens with two attached hydrogens (primary N) is 2. The molecule has 0 aliphatic carbocycles. The fourth-order valence-corrected chi connectivity index (χ4v) is 2.30. The zero-order valence-electron chi connectivity index (χ0n) is 9.65. The zero-order chi connectivity index (χ0) is 11.4. The molecule has 1 fully saturated rings. The number of hydrogen-bond donors (Lipinski definition) is 3. The van der Waals surface area contributed by atoms with Crippen molar-refractivity contribution < 1.29 is 0 Å². The minimum atomic E-state index is -0.602. The fourth-order valence-electron chi connectivity index (χ4n) is 2.30. The number of nitrogens with zero attached hydrogens (tertiary/aromatic N) is 2. The smallest absolute Gasteiger partial charge is 0.194 e. The van der Waals surface area contributed by atoms with Crippen LogP contribution < -0.4 is 16.8 Å². The van der Waals surface area contributed by atoms with Gasteiger partial charge in [-0.1, -0.05) is 0 Å². The van der Waals surface area contributed by atoms with Gasteiger partial charge in [0.25, 0.3) is 0 Å². The lowest BCUT2D eigenvalue weighted by Gasteiger charge is -2.26. The number of aliphatic imine (C=N–C) groups is 1. The second-order valence-corrected chi connectivity index (χ2v) is 4.62. The number of likely N-dealkylation sites (tertiary alicyclic amines) is 1. The predicted octanol–water partition coefficient (Wildman–Crippen LogP) is -0.0510. The van der Waals surface area contributed by atoms with Crippen molar-refractivity contribution in [2.75, 3.05) is 19.6 Å². The predicted molar refractivity (Wildman–Crippen MR) is 65.7 cm³/mol. The molecule has 2 rings (SSSR count). The summed E-state index contributed by atoms with van der Waals surface area (Å²) in [4.78, 5) is 6.72. The van der Waals surface area contributed by atoms with Crippen LogP contribution in [0.1, 0.15) is 25.7 Å². The second-order valence-electron chi connectivity index (χ2n) is 4.62. The first-order chi connectivity index (χ1) is 7.68. The molecule has 5 heteroatoms. The van der Waals surface area contributed by atoms with E-state index in [0.717, 1.165) is 19.4 Å². The van der Waals surface area contributed by atoms with Crippen molar-refractivity contribution in [3.05, 3.63) is 12.3 Å². The van der Waals surface area contributed by atoms with Crippen LogP contribution in [0.25, 0.3) is 0 Å².